The largest absolute Gasteiger partial charge is 0.478 e. The highest BCUT2D eigenvalue weighted by atomic mass is 32.2. The minimum atomic E-state index is -4.00. The van der Waals surface area contributed by atoms with E-state index in [9.17, 15) is 23.4 Å². The molecule has 2 atom stereocenters. The van der Waals surface area contributed by atoms with E-state index >= 15 is 0 Å². The summed E-state index contributed by atoms with van der Waals surface area (Å²) in [7, 11) is -4.00. The Balaban J connectivity index is 3.21. The molecule has 0 aliphatic heterocycles. The Kier molecular flexibility index (Phi) is 5.85. The van der Waals surface area contributed by atoms with E-state index < -0.39 is 28.2 Å². The van der Waals surface area contributed by atoms with E-state index in [1.165, 1.54) is 32.0 Å². The number of aliphatic hydroxyl groups is 2. The van der Waals surface area contributed by atoms with E-state index in [0.717, 1.165) is 10.4 Å². The van der Waals surface area contributed by atoms with Crippen molar-refractivity contribution < 1.29 is 28.5 Å². The van der Waals surface area contributed by atoms with E-state index in [1.807, 2.05) is 0 Å². The molecular formula is C13H19NO6S. The molecule has 21 heavy (non-hydrogen) atoms. The smallest absolute Gasteiger partial charge is 0.335 e. The zero-order valence-corrected chi connectivity index (χ0v) is 12.6. The Bertz CT molecular complexity index is 586. The van der Waals surface area contributed by atoms with Gasteiger partial charge in [-0.25, -0.2) is 13.2 Å². The average molecular weight is 317 g/mol. The lowest BCUT2D eigenvalue weighted by Crippen LogP contribution is -2.40. The standard InChI is InChI=1S/C13H19NO6S/c1-9(15)7-14(8-10(2)16)21(19,20)12-5-3-4-11(6-12)13(17)18/h3-6,9-10,15-16H,7-8H2,1-2H3,(H,17,18)/t9-,10+. The number of hydrogen-bond donors (Lipinski definition) is 3. The van der Waals surface area contributed by atoms with Crippen LogP contribution in [0.5, 0.6) is 0 Å². The fourth-order valence-corrected chi connectivity index (χ4v) is 3.45. The number of rotatable bonds is 7. The van der Waals surface area contributed by atoms with Crippen LogP contribution >= 0.6 is 0 Å². The van der Waals surface area contributed by atoms with Crippen molar-refractivity contribution in [3.8, 4) is 0 Å². The highest BCUT2D eigenvalue weighted by Crippen LogP contribution is 2.18. The van der Waals surface area contributed by atoms with E-state index in [-0.39, 0.29) is 23.5 Å². The van der Waals surface area contributed by atoms with Gasteiger partial charge in [0.25, 0.3) is 0 Å². The van der Waals surface area contributed by atoms with Crippen LogP contribution in [0.1, 0.15) is 24.2 Å². The zero-order chi connectivity index (χ0) is 16.2. The van der Waals surface area contributed by atoms with Crippen LogP contribution in [0.4, 0.5) is 0 Å². The third-order valence-corrected chi connectivity index (χ3v) is 4.48. The number of aliphatic hydroxyl groups excluding tert-OH is 2. The fourth-order valence-electron chi connectivity index (χ4n) is 1.80. The molecule has 0 saturated heterocycles. The molecule has 0 spiro atoms. The predicted molar refractivity (Wildman–Crippen MR) is 75.5 cm³/mol. The SMILES string of the molecule is C[C@H](O)CN(C[C@@H](C)O)S(=O)(=O)c1cccc(C(=O)O)c1. The van der Waals surface area contributed by atoms with Gasteiger partial charge in [0, 0.05) is 13.1 Å². The Hall–Kier alpha value is -1.48. The van der Waals surface area contributed by atoms with Gasteiger partial charge in [-0.15, -0.1) is 0 Å². The van der Waals surface area contributed by atoms with Crippen LogP contribution in [-0.4, -0.2) is 59.3 Å². The van der Waals surface area contributed by atoms with Crippen LogP contribution in [0, 0.1) is 0 Å². The van der Waals surface area contributed by atoms with Crippen LogP contribution in [-0.2, 0) is 10.0 Å². The number of carboxylic acids is 1. The predicted octanol–water partition coefficient (Wildman–Crippen LogP) is 0.137. The molecule has 1 aromatic carbocycles. The molecule has 3 N–H and O–H groups in total. The molecule has 1 aromatic rings. The summed E-state index contributed by atoms with van der Waals surface area (Å²) in [6, 6.07) is 4.95. The van der Waals surface area contributed by atoms with Crippen molar-refractivity contribution in [3.05, 3.63) is 29.8 Å². The molecule has 0 saturated carbocycles. The summed E-state index contributed by atoms with van der Waals surface area (Å²) in [5, 5.41) is 27.7. The highest BCUT2D eigenvalue weighted by molar-refractivity contribution is 7.89. The summed E-state index contributed by atoms with van der Waals surface area (Å²) in [5.41, 5.74) is -0.148. The molecule has 0 aliphatic carbocycles. The molecule has 8 heteroatoms. The fraction of sp³-hybridized carbons (Fsp3) is 0.462. The van der Waals surface area contributed by atoms with E-state index in [1.54, 1.807) is 0 Å². The number of sulfonamides is 1. The van der Waals surface area contributed by atoms with Crippen molar-refractivity contribution in [1.82, 2.24) is 4.31 Å². The van der Waals surface area contributed by atoms with Gasteiger partial charge in [-0.1, -0.05) is 6.07 Å². The summed E-state index contributed by atoms with van der Waals surface area (Å²) in [6.45, 7) is 2.48. The number of benzene rings is 1. The lowest BCUT2D eigenvalue weighted by molar-refractivity contribution is 0.0696. The maximum absolute atomic E-state index is 12.5. The molecule has 1 rings (SSSR count). The Morgan fingerprint density at radius 3 is 2.14 bits per heavy atom. The number of nitrogens with zero attached hydrogens (tertiary/aromatic N) is 1. The maximum atomic E-state index is 12.5. The van der Waals surface area contributed by atoms with Crippen molar-refractivity contribution in [3.63, 3.8) is 0 Å². The first-order valence-corrected chi connectivity index (χ1v) is 7.78. The molecule has 0 fully saturated rings. The second kappa shape index (κ2) is 6.99. The van der Waals surface area contributed by atoms with Crippen molar-refractivity contribution in [1.29, 1.82) is 0 Å². The third-order valence-electron chi connectivity index (χ3n) is 2.65. The first kappa shape index (κ1) is 17.6. The van der Waals surface area contributed by atoms with Gasteiger partial charge < -0.3 is 15.3 Å². The van der Waals surface area contributed by atoms with Crippen molar-refractivity contribution in [2.75, 3.05) is 13.1 Å². The number of carboxylic acid groups (broad SMARTS) is 1. The van der Waals surface area contributed by atoms with Crippen LogP contribution in [0.3, 0.4) is 0 Å². The summed E-state index contributed by atoms with van der Waals surface area (Å²) < 4.78 is 25.9. The third kappa shape index (κ3) is 4.78. The van der Waals surface area contributed by atoms with Gasteiger partial charge in [-0.05, 0) is 32.0 Å². The van der Waals surface area contributed by atoms with E-state index in [0.29, 0.717) is 0 Å². The minimum Gasteiger partial charge on any atom is -0.478 e. The lowest BCUT2D eigenvalue weighted by Gasteiger charge is -2.24. The van der Waals surface area contributed by atoms with Gasteiger partial charge in [0.1, 0.15) is 0 Å². The summed E-state index contributed by atoms with van der Waals surface area (Å²) in [5.74, 6) is -1.23. The van der Waals surface area contributed by atoms with E-state index in [2.05, 4.69) is 0 Å². The van der Waals surface area contributed by atoms with Crippen LogP contribution in [0.15, 0.2) is 29.2 Å². The molecule has 0 amide bonds. The minimum absolute atomic E-state index is 0.148. The van der Waals surface area contributed by atoms with Crippen molar-refractivity contribution >= 4 is 16.0 Å². The number of aromatic carboxylic acids is 1. The van der Waals surface area contributed by atoms with Crippen molar-refractivity contribution in [2.45, 2.75) is 31.0 Å². The summed E-state index contributed by atoms with van der Waals surface area (Å²) >= 11 is 0. The molecule has 0 aliphatic rings. The summed E-state index contributed by atoms with van der Waals surface area (Å²) in [4.78, 5) is 10.7. The molecule has 0 aromatic heterocycles. The normalized spacial score (nSPS) is 14.9. The maximum Gasteiger partial charge on any atom is 0.335 e. The van der Waals surface area contributed by atoms with Gasteiger partial charge in [0.05, 0.1) is 22.7 Å². The first-order valence-electron chi connectivity index (χ1n) is 6.34. The Morgan fingerprint density at radius 1 is 1.19 bits per heavy atom. The van der Waals surface area contributed by atoms with Gasteiger partial charge in [0.2, 0.25) is 10.0 Å². The number of hydrogen-bond acceptors (Lipinski definition) is 5. The van der Waals surface area contributed by atoms with Gasteiger partial charge in [-0.2, -0.15) is 4.31 Å². The molecule has 0 bridgehead atoms. The molecule has 0 unspecified atom stereocenters. The molecule has 0 heterocycles. The molecule has 7 nitrogen and oxygen atoms in total. The first-order chi connectivity index (χ1) is 9.64. The van der Waals surface area contributed by atoms with Gasteiger partial charge >= 0.3 is 5.97 Å². The zero-order valence-electron chi connectivity index (χ0n) is 11.8. The van der Waals surface area contributed by atoms with Crippen LogP contribution in [0.2, 0.25) is 0 Å². The second-order valence-corrected chi connectivity index (χ2v) is 6.79. The summed E-state index contributed by atoms with van der Waals surface area (Å²) in [6.07, 6.45) is -1.83. The average Bonchev–Trinajstić information content (AvgIpc) is 2.37. The second-order valence-electron chi connectivity index (χ2n) is 4.85. The molecule has 0 radical (unpaired) electrons. The quantitative estimate of drug-likeness (QED) is 0.659. The van der Waals surface area contributed by atoms with Crippen LogP contribution < -0.4 is 0 Å². The highest BCUT2D eigenvalue weighted by Gasteiger charge is 2.27. The van der Waals surface area contributed by atoms with Gasteiger partial charge in [0.15, 0.2) is 0 Å². The van der Waals surface area contributed by atoms with Crippen molar-refractivity contribution in [2.24, 2.45) is 0 Å². The topological polar surface area (TPSA) is 115 Å². The van der Waals surface area contributed by atoms with E-state index in [4.69, 9.17) is 5.11 Å². The Labute approximate surface area is 123 Å². The monoisotopic (exact) mass is 317 g/mol. The lowest BCUT2D eigenvalue weighted by atomic mass is 10.2. The number of carbonyl (C=O) groups is 1. The Morgan fingerprint density at radius 2 is 1.71 bits per heavy atom. The molecular weight excluding hydrogens is 298 g/mol. The van der Waals surface area contributed by atoms with Crippen LogP contribution in [0.25, 0.3) is 0 Å². The van der Waals surface area contributed by atoms with Gasteiger partial charge in [-0.3, -0.25) is 0 Å². The molecule has 118 valence electrons.